The minimum Gasteiger partial charge on any atom is -0.341 e. The summed E-state index contributed by atoms with van der Waals surface area (Å²) in [4.78, 5) is 11.1. The van der Waals surface area contributed by atoms with Gasteiger partial charge in [0.05, 0.1) is 18.1 Å². The second-order valence-corrected chi connectivity index (χ2v) is 5.60. The summed E-state index contributed by atoms with van der Waals surface area (Å²) in [6.07, 6.45) is 7.69. The number of piperidine rings is 1. The molecule has 1 aliphatic rings. The molecule has 0 atom stereocenters. The van der Waals surface area contributed by atoms with Gasteiger partial charge < -0.3 is 4.90 Å². The second-order valence-electron chi connectivity index (χ2n) is 5.60. The third kappa shape index (κ3) is 4.08. The highest BCUT2D eigenvalue weighted by Crippen LogP contribution is 2.14. The molecule has 1 fully saturated rings. The molecule has 0 aliphatic carbocycles. The van der Waals surface area contributed by atoms with E-state index in [1.165, 1.54) is 19.3 Å². The van der Waals surface area contributed by atoms with Gasteiger partial charge in [0.1, 0.15) is 0 Å². The van der Waals surface area contributed by atoms with Crippen LogP contribution < -0.4 is 4.90 Å². The van der Waals surface area contributed by atoms with Crippen LogP contribution in [0.3, 0.4) is 0 Å². The minimum absolute atomic E-state index is 0.406. The molecular formula is C19H18N4. The van der Waals surface area contributed by atoms with Crippen molar-refractivity contribution in [3.8, 4) is 17.9 Å². The van der Waals surface area contributed by atoms with Gasteiger partial charge in [-0.05, 0) is 37.0 Å². The summed E-state index contributed by atoms with van der Waals surface area (Å²) >= 11 is 0. The van der Waals surface area contributed by atoms with E-state index in [0.717, 1.165) is 35.7 Å². The molecule has 4 heteroatoms. The zero-order chi connectivity index (χ0) is 15.9. The Bertz CT molecular complexity index is 756. The van der Waals surface area contributed by atoms with E-state index in [4.69, 9.17) is 5.26 Å². The first-order valence-electron chi connectivity index (χ1n) is 7.90. The van der Waals surface area contributed by atoms with Crippen molar-refractivity contribution in [3.05, 3.63) is 53.3 Å². The van der Waals surface area contributed by atoms with Crippen molar-refractivity contribution in [1.29, 1.82) is 5.26 Å². The monoisotopic (exact) mass is 302 g/mol. The third-order valence-electron chi connectivity index (χ3n) is 3.84. The number of anilines is 1. The Morgan fingerprint density at radius 3 is 2.48 bits per heavy atom. The lowest BCUT2D eigenvalue weighted by Crippen LogP contribution is -2.30. The molecule has 23 heavy (non-hydrogen) atoms. The van der Waals surface area contributed by atoms with Gasteiger partial charge >= 0.3 is 0 Å². The van der Waals surface area contributed by atoms with Crippen molar-refractivity contribution < 1.29 is 0 Å². The summed E-state index contributed by atoms with van der Waals surface area (Å²) in [7, 11) is 0. The molecule has 0 unspecified atom stereocenters. The van der Waals surface area contributed by atoms with Gasteiger partial charge in [0.25, 0.3) is 0 Å². The molecule has 0 saturated carbocycles. The first-order chi connectivity index (χ1) is 11.3. The molecule has 0 N–H and O–H groups in total. The van der Waals surface area contributed by atoms with Crippen molar-refractivity contribution in [2.45, 2.75) is 25.7 Å². The highest BCUT2D eigenvalue weighted by Gasteiger charge is 2.12. The van der Waals surface area contributed by atoms with Gasteiger partial charge in [-0.25, -0.2) is 9.97 Å². The van der Waals surface area contributed by atoms with E-state index in [1.54, 1.807) is 12.4 Å². The van der Waals surface area contributed by atoms with Gasteiger partial charge in [-0.2, -0.15) is 5.26 Å². The van der Waals surface area contributed by atoms with Crippen LogP contribution in [0.1, 0.15) is 36.0 Å². The summed E-state index contributed by atoms with van der Waals surface area (Å²) in [6, 6.07) is 9.89. The quantitative estimate of drug-likeness (QED) is 0.800. The van der Waals surface area contributed by atoms with Gasteiger partial charge in [0, 0.05) is 31.0 Å². The van der Waals surface area contributed by atoms with Crippen LogP contribution in [0.2, 0.25) is 0 Å². The third-order valence-corrected chi connectivity index (χ3v) is 3.84. The predicted octanol–water partition coefficient (Wildman–Crippen LogP) is 2.93. The summed E-state index contributed by atoms with van der Waals surface area (Å²) in [6.45, 7) is 2.08. The normalized spacial score (nSPS) is 13.8. The molecular weight excluding hydrogens is 284 g/mol. The summed E-state index contributed by atoms with van der Waals surface area (Å²) in [5, 5.41) is 8.75. The lowest BCUT2D eigenvalue weighted by Gasteiger charge is -2.26. The Hall–Kier alpha value is -2.85. The maximum absolute atomic E-state index is 8.75. The topological polar surface area (TPSA) is 52.8 Å². The fourth-order valence-electron chi connectivity index (χ4n) is 2.64. The molecule has 2 heterocycles. The molecule has 1 saturated heterocycles. The van der Waals surface area contributed by atoms with Crippen LogP contribution in [0.25, 0.3) is 0 Å². The smallest absolute Gasteiger partial charge is 0.225 e. The number of benzene rings is 1. The molecule has 0 spiro atoms. The van der Waals surface area contributed by atoms with E-state index in [0.29, 0.717) is 6.42 Å². The summed E-state index contributed by atoms with van der Waals surface area (Å²) < 4.78 is 0. The van der Waals surface area contributed by atoms with E-state index < -0.39 is 0 Å². The van der Waals surface area contributed by atoms with Crippen LogP contribution in [-0.4, -0.2) is 23.1 Å². The van der Waals surface area contributed by atoms with Crippen molar-refractivity contribution in [1.82, 2.24) is 9.97 Å². The van der Waals surface area contributed by atoms with E-state index in [9.17, 15) is 0 Å². The molecule has 1 aliphatic heterocycles. The number of rotatable bonds is 2. The highest BCUT2D eigenvalue weighted by molar-refractivity contribution is 5.44. The van der Waals surface area contributed by atoms with Gasteiger partial charge in [0.2, 0.25) is 5.95 Å². The van der Waals surface area contributed by atoms with Crippen molar-refractivity contribution in [3.63, 3.8) is 0 Å². The number of hydrogen-bond donors (Lipinski definition) is 0. The highest BCUT2D eigenvalue weighted by atomic mass is 15.2. The Morgan fingerprint density at radius 1 is 1.00 bits per heavy atom. The molecule has 3 rings (SSSR count). The zero-order valence-electron chi connectivity index (χ0n) is 13.0. The minimum atomic E-state index is 0.406. The van der Waals surface area contributed by atoms with Crippen LogP contribution in [0.15, 0.2) is 36.7 Å². The van der Waals surface area contributed by atoms with Gasteiger partial charge in [0.15, 0.2) is 0 Å². The fraction of sp³-hybridized carbons (Fsp3) is 0.316. The molecule has 114 valence electrons. The summed E-state index contributed by atoms with van der Waals surface area (Å²) in [5.41, 5.74) is 2.69. The van der Waals surface area contributed by atoms with Crippen LogP contribution in [0.4, 0.5) is 5.95 Å². The largest absolute Gasteiger partial charge is 0.341 e. The lowest BCUT2D eigenvalue weighted by atomic mass is 10.1. The molecule has 1 aromatic heterocycles. The van der Waals surface area contributed by atoms with E-state index >= 15 is 0 Å². The molecule has 4 nitrogen and oxygen atoms in total. The molecule has 0 amide bonds. The first kappa shape index (κ1) is 15.1. The Morgan fingerprint density at radius 2 is 1.74 bits per heavy atom. The van der Waals surface area contributed by atoms with Crippen LogP contribution in [0, 0.1) is 23.2 Å². The predicted molar refractivity (Wildman–Crippen MR) is 89.8 cm³/mol. The van der Waals surface area contributed by atoms with E-state index in [-0.39, 0.29) is 0 Å². The van der Waals surface area contributed by atoms with Crippen LogP contribution >= 0.6 is 0 Å². The number of aromatic nitrogens is 2. The standard InChI is InChI=1S/C19H18N4/c20-10-9-17-6-4-5-16(13-17)7-8-18-14-21-19(22-15-18)23-11-2-1-3-12-23/h4-6,13-15H,1-3,9,11-12H2. The molecule has 2 aromatic rings. The SMILES string of the molecule is N#CCc1cccc(C#Cc2cnc(N3CCCCC3)nc2)c1. The van der Waals surface area contributed by atoms with Crippen LogP contribution in [0.5, 0.6) is 0 Å². The Balaban J connectivity index is 1.71. The van der Waals surface area contributed by atoms with Crippen molar-refractivity contribution >= 4 is 5.95 Å². The summed E-state index contributed by atoms with van der Waals surface area (Å²) in [5.74, 6) is 6.99. The van der Waals surface area contributed by atoms with Crippen molar-refractivity contribution in [2.24, 2.45) is 0 Å². The maximum atomic E-state index is 8.75. The maximum Gasteiger partial charge on any atom is 0.225 e. The molecule has 1 aromatic carbocycles. The van der Waals surface area contributed by atoms with E-state index in [2.05, 4.69) is 32.8 Å². The fourth-order valence-corrected chi connectivity index (χ4v) is 2.64. The molecule has 0 radical (unpaired) electrons. The molecule has 0 bridgehead atoms. The average molecular weight is 302 g/mol. The van der Waals surface area contributed by atoms with Gasteiger partial charge in [-0.1, -0.05) is 24.0 Å². The van der Waals surface area contributed by atoms with Gasteiger partial charge in [-0.3, -0.25) is 0 Å². The van der Waals surface area contributed by atoms with Crippen LogP contribution in [-0.2, 0) is 6.42 Å². The second kappa shape index (κ2) is 7.42. The Kier molecular flexibility index (Phi) is 4.86. The first-order valence-corrected chi connectivity index (χ1v) is 7.90. The van der Waals surface area contributed by atoms with E-state index in [1.807, 2.05) is 24.3 Å². The van der Waals surface area contributed by atoms with Gasteiger partial charge in [-0.15, -0.1) is 0 Å². The Labute approximate surface area is 136 Å². The van der Waals surface area contributed by atoms with Crippen molar-refractivity contribution in [2.75, 3.05) is 18.0 Å². The number of nitriles is 1. The number of nitrogens with zero attached hydrogens (tertiary/aromatic N) is 4. The zero-order valence-corrected chi connectivity index (χ0v) is 13.0. The average Bonchev–Trinajstić information content (AvgIpc) is 2.62. The number of hydrogen-bond acceptors (Lipinski definition) is 4. The lowest BCUT2D eigenvalue weighted by molar-refractivity contribution is 0.568.